The first kappa shape index (κ1) is 20.7. The standard InChI is InChI=1S/C22H23N3O3S/c1-14-9-10-18(15(2)11-14)29-13-17(26)19-20(23)25(22(28)24(3)21(19)27)12-16-7-5-4-6-8-16/h4-11H,12-13,23H2,1-3H3. The Bertz CT molecular complexity index is 1180. The third kappa shape index (κ3) is 4.35. The molecule has 0 saturated carbocycles. The normalized spacial score (nSPS) is 10.9. The van der Waals surface area contributed by atoms with Crippen LogP contribution in [0.3, 0.4) is 0 Å². The van der Waals surface area contributed by atoms with Gasteiger partial charge in [-0.2, -0.15) is 0 Å². The molecule has 0 bridgehead atoms. The first-order chi connectivity index (χ1) is 13.8. The number of anilines is 1. The fourth-order valence-electron chi connectivity index (χ4n) is 3.14. The number of Topliss-reactive ketones (excluding diaryl/α,β-unsaturated/α-hetero) is 1. The molecule has 0 aliphatic rings. The molecule has 1 aromatic heterocycles. The Balaban J connectivity index is 1.94. The highest BCUT2D eigenvalue weighted by Crippen LogP contribution is 2.24. The molecule has 2 N–H and O–H groups in total. The molecular weight excluding hydrogens is 386 g/mol. The minimum absolute atomic E-state index is 0.0624. The van der Waals surface area contributed by atoms with E-state index in [2.05, 4.69) is 0 Å². The van der Waals surface area contributed by atoms with E-state index >= 15 is 0 Å². The largest absolute Gasteiger partial charge is 0.384 e. The molecule has 150 valence electrons. The zero-order valence-electron chi connectivity index (χ0n) is 16.6. The first-order valence-corrected chi connectivity index (χ1v) is 10.1. The number of rotatable bonds is 6. The van der Waals surface area contributed by atoms with Crippen LogP contribution in [0.15, 0.2) is 63.0 Å². The summed E-state index contributed by atoms with van der Waals surface area (Å²) in [5.41, 5.74) is 7.85. The lowest BCUT2D eigenvalue weighted by molar-refractivity contribution is 0.102. The number of carbonyl (C=O) groups is 1. The van der Waals surface area contributed by atoms with Crippen LogP contribution in [0.1, 0.15) is 27.0 Å². The van der Waals surface area contributed by atoms with Gasteiger partial charge in [0.25, 0.3) is 5.56 Å². The lowest BCUT2D eigenvalue weighted by Gasteiger charge is -2.15. The summed E-state index contributed by atoms with van der Waals surface area (Å²) in [7, 11) is 1.36. The van der Waals surface area contributed by atoms with E-state index in [0.29, 0.717) is 0 Å². The van der Waals surface area contributed by atoms with Crippen molar-refractivity contribution in [1.29, 1.82) is 0 Å². The highest BCUT2D eigenvalue weighted by molar-refractivity contribution is 8.00. The van der Waals surface area contributed by atoms with Gasteiger partial charge in [-0.05, 0) is 31.0 Å². The van der Waals surface area contributed by atoms with Gasteiger partial charge in [0.2, 0.25) is 0 Å². The van der Waals surface area contributed by atoms with Crippen LogP contribution >= 0.6 is 11.8 Å². The first-order valence-electron chi connectivity index (χ1n) is 9.16. The van der Waals surface area contributed by atoms with E-state index in [-0.39, 0.29) is 23.7 Å². The van der Waals surface area contributed by atoms with Crippen molar-refractivity contribution in [3.8, 4) is 0 Å². The third-order valence-corrected chi connectivity index (χ3v) is 5.91. The molecule has 6 nitrogen and oxygen atoms in total. The summed E-state index contributed by atoms with van der Waals surface area (Å²) >= 11 is 1.36. The van der Waals surface area contributed by atoms with Crippen molar-refractivity contribution in [3.05, 3.63) is 91.6 Å². The Labute approximate surface area is 173 Å². The topological polar surface area (TPSA) is 87.1 Å². The van der Waals surface area contributed by atoms with E-state index < -0.39 is 17.0 Å². The Morgan fingerprint density at radius 2 is 1.76 bits per heavy atom. The molecular formula is C22H23N3O3S. The fourth-order valence-corrected chi connectivity index (χ4v) is 4.02. The average Bonchev–Trinajstić information content (AvgIpc) is 2.70. The van der Waals surface area contributed by atoms with E-state index in [1.165, 1.54) is 23.4 Å². The van der Waals surface area contributed by atoms with E-state index in [0.717, 1.165) is 26.2 Å². The number of carbonyl (C=O) groups excluding carboxylic acids is 1. The van der Waals surface area contributed by atoms with Gasteiger partial charge >= 0.3 is 5.69 Å². The van der Waals surface area contributed by atoms with Crippen molar-refractivity contribution >= 4 is 23.4 Å². The molecule has 0 radical (unpaired) electrons. The van der Waals surface area contributed by atoms with Gasteiger partial charge in [0.05, 0.1) is 12.3 Å². The predicted molar refractivity (Wildman–Crippen MR) is 117 cm³/mol. The molecule has 7 heteroatoms. The summed E-state index contributed by atoms with van der Waals surface area (Å²) in [5.74, 6) is -0.421. The molecule has 3 rings (SSSR count). The number of thioether (sulfide) groups is 1. The van der Waals surface area contributed by atoms with Crippen molar-refractivity contribution in [1.82, 2.24) is 9.13 Å². The van der Waals surface area contributed by atoms with E-state index in [1.807, 2.05) is 62.4 Å². The van der Waals surface area contributed by atoms with Crippen LogP contribution in [0.5, 0.6) is 0 Å². The molecule has 0 spiro atoms. The van der Waals surface area contributed by atoms with E-state index in [4.69, 9.17) is 5.73 Å². The SMILES string of the molecule is Cc1ccc(SCC(=O)c2c(N)n(Cc3ccccc3)c(=O)n(C)c2=O)c(C)c1. The van der Waals surface area contributed by atoms with Gasteiger partial charge in [-0.3, -0.25) is 18.7 Å². The zero-order valence-corrected chi connectivity index (χ0v) is 17.5. The van der Waals surface area contributed by atoms with Crippen molar-refractivity contribution in [2.45, 2.75) is 25.3 Å². The maximum absolute atomic E-state index is 12.9. The number of benzene rings is 2. The van der Waals surface area contributed by atoms with Gasteiger partial charge in [0, 0.05) is 11.9 Å². The number of aromatic nitrogens is 2. The Kier molecular flexibility index (Phi) is 6.08. The van der Waals surface area contributed by atoms with Crippen LogP contribution in [0.2, 0.25) is 0 Å². The molecule has 0 aliphatic heterocycles. The maximum atomic E-state index is 12.9. The van der Waals surface area contributed by atoms with Gasteiger partial charge in [-0.25, -0.2) is 4.79 Å². The molecule has 0 atom stereocenters. The molecule has 29 heavy (non-hydrogen) atoms. The molecule has 0 saturated heterocycles. The van der Waals surface area contributed by atoms with Gasteiger partial charge < -0.3 is 5.73 Å². The Morgan fingerprint density at radius 1 is 1.07 bits per heavy atom. The van der Waals surface area contributed by atoms with Gasteiger partial charge in [-0.1, -0.05) is 48.0 Å². The summed E-state index contributed by atoms with van der Waals surface area (Å²) in [6, 6.07) is 15.3. The van der Waals surface area contributed by atoms with E-state index in [1.54, 1.807) is 0 Å². The number of nitrogen functional groups attached to an aromatic ring is 1. The number of aryl methyl sites for hydroxylation is 2. The van der Waals surface area contributed by atoms with Crippen LogP contribution < -0.4 is 17.0 Å². The maximum Gasteiger partial charge on any atom is 0.332 e. The summed E-state index contributed by atoms with van der Waals surface area (Å²) in [6.45, 7) is 4.17. The lowest BCUT2D eigenvalue weighted by atomic mass is 10.2. The molecule has 3 aromatic rings. The van der Waals surface area contributed by atoms with Crippen LogP contribution in [0.4, 0.5) is 5.82 Å². The van der Waals surface area contributed by atoms with Crippen LogP contribution in [0, 0.1) is 13.8 Å². The minimum atomic E-state index is -0.664. The molecule has 0 fully saturated rings. The Hall–Kier alpha value is -3.06. The van der Waals surface area contributed by atoms with Crippen LogP contribution in [0.25, 0.3) is 0 Å². The molecule has 0 unspecified atom stereocenters. The molecule has 0 amide bonds. The van der Waals surface area contributed by atoms with Crippen molar-refractivity contribution in [3.63, 3.8) is 0 Å². The summed E-state index contributed by atoms with van der Waals surface area (Å²) in [5, 5.41) is 0. The summed E-state index contributed by atoms with van der Waals surface area (Å²) in [4.78, 5) is 39.0. The fraction of sp³-hybridized carbons (Fsp3) is 0.227. The van der Waals surface area contributed by atoms with Crippen LogP contribution in [-0.4, -0.2) is 20.7 Å². The number of hydrogen-bond donors (Lipinski definition) is 1. The summed E-state index contributed by atoms with van der Waals surface area (Å²) < 4.78 is 2.21. The average molecular weight is 410 g/mol. The number of nitrogens with two attached hydrogens (primary N) is 1. The predicted octanol–water partition coefficient (Wildman–Crippen LogP) is 2.77. The second-order valence-corrected chi connectivity index (χ2v) is 7.98. The van der Waals surface area contributed by atoms with Gasteiger partial charge in [0.15, 0.2) is 5.78 Å². The second-order valence-electron chi connectivity index (χ2n) is 6.96. The summed E-state index contributed by atoms with van der Waals surface area (Å²) in [6.07, 6.45) is 0. The van der Waals surface area contributed by atoms with Crippen molar-refractivity contribution in [2.75, 3.05) is 11.5 Å². The van der Waals surface area contributed by atoms with Crippen LogP contribution in [-0.2, 0) is 13.6 Å². The number of hydrogen-bond acceptors (Lipinski definition) is 5. The number of nitrogens with zero attached hydrogens (tertiary/aromatic N) is 2. The molecule has 0 aliphatic carbocycles. The second kappa shape index (κ2) is 8.53. The van der Waals surface area contributed by atoms with Crippen molar-refractivity contribution < 1.29 is 4.79 Å². The van der Waals surface area contributed by atoms with Crippen molar-refractivity contribution in [2.24, 2.45) is 7.05 Å². The van der Waals surface area contributed by atoms with E-state index in [9.17, 15) is 14.4 Å². The zero-order chi connectivity index (χ0) is 21.1. The highest BCUT2D eigenvalue weighted by atomic mass is 32.2. The smallest absolute Gasteiger partial charge is 0.332 e. The molecule has 1 heterocycles. The lowest BCUT2D eigenvalue weighted by Crippen LogP contribution is -2.43. The quantitative estimate of drug-likeness (QED) is 0.500. The Morgan fingerprint density at radius 3 is 2.41 bits per heavy atom. The van der Waals surface area contributed by atoms with Gasteiger partial charge in [0.1, 0.15) is 11.4 Å². The number of ketones is 1. The van der Waals surface area contributed by atoms with Gasteiger partial charge in [-0.15, -0.1) is 11.8 Å². The highest BCUT2D eigenvalue weighted by Gasteiger charge is 2.22. The molecule has 2 aromatic carbocycles. The minimum Gasteiger partial charge on any atom is -0.384 e. The monoisotopic (exact) mass is 409 g/mol. The third-order valence-electron chi connectivity index (χ3n) is 4.73.